The Kier molecular flexibility index (Phi) is 4.00. The highest BCUT2D eigenvalue weighted by atomic mass is 35.5. The molecule has 0 aliphatic carbocycles. The highest BCUT2D eigenvalue weighted by Gasteiger charge is 2.05. The van der Waals surface area contributed by atoms with E-state index >= 15 is 0 Å². The van der Waals surface area contributed by atoms with Gasteiger partial charge in [-0.2, -0.15) is 5.10 Å². The van der Waals surface area contributed by atoms with Gasteiger partial charge < -0.3 is 5.32 Å². The smallest absolute Gasteiger partial charge is 0.134 e. The van der Waals surface area contributed by atoms with Crippen LogP contribution in [0, 0.1) is 0 Å². The van der Waals surface area contributed by atoms with Gasteiger partial charge in [0.15, 0.2) is 0 Å². The van der Waals surface area contributed by atoms with E-state index in [4.69, 9.17) is 11.6 Å². The second kappa shape index (κ2) is 5.91. The van der Waals surface area contributed by atoms with Crippen LogP contribution >= 0.6 is 22.9 Å². The number of nitrogens with zero attached hydrogens (tertiary/aromatic N) is 3. The quantitative estimate of drug-likeness (QED) is 0.582. The summed E-state index contributed by atoms with van der Waals surface area (Å²) in [6.07, 6.45) is 2.87. The molecular formula is C14H15ClN4S. The Morgan fingerprint density at radius 1 is 1.40 bits per heavy atom. The molecule has 0 bridgehead atoms. The molecule has 4 nitrogen and oxygen atoms in total. The van der Waals surface area contributed by atoms with Gasteiger partial charge in [0.25, 0.3) is 0 Å². The average molecular weight is 307 g/mol. The molecule has 0 saturated heterocycles. The molecule has 0 radical (unpaired) electrons. The van der Waals surface area contributed by atoms with E-state index in [1.54, 1.807) is 11.3 Å². The summed E-state index contributed by atoms with van der Waals surface area (Å²) < 4.78 is 3.00. The molecule has 20 heavy (non-hydrogen) atoms. The van der Waals surface area contributed by atoms with Crippen LogP contribution in [-0.4, -0.2) is 21.3 Å². The zero-order valence-electron chi connectivity index (χ0n) is 11.1. The van der Waals surface area contributed by atoms with Gasteiger partial charge in [0, 0.05) is 38.3 Å². The topological polar surface area (TPSA) is 42.7 Å². The van der Waals surface area contributed by atoms with Crippen LogP contribution in [0.25, 0.3) is 10.2 Å². The van der Waals surface area contributed by atoms with Crippen LogP contribution in [0.3, 0.4) is 0 Å². The molecule has 0 aliphatic rings. The lowest BCUT2D eigenvalue weighted by molar-refractivity contribution is 0.665. The van der Waals surface area contributed by atoms with Crippen LogP contribution in [0.5, 0.6) is 0 Å². The van der Waals surface area contributed by atoms with Gasteiger partial charge in [-0.1, -0.05) is 11.6 Å². The molecule has 0 aromatic carbocycles. The fourth-order valence-corrected chi connectivity index (χ4v) is 3.07. The second-order valence-electron chi connectivity index (χ2n) is 4.65. The molecule has 0 atom stereocenters. The first-order chi connectivity index (χ1) is 9.72. The molecule has 0 amide bonds. The van der Waals surface area contributed by atoms with Crippen LogP contribution in [0.2, 0.25) is 5.15 Å². The number of aryl methyl sites for hydroxylation is 1. The van der Waals surface area contributed by atoms with E-state index in [1.165, 1.54) is 4.70 Å². The maximum Gasteiger partial charge on any atom is 0.134 e. The Labute approximate surface area is 126 Å². The molecule has 104 valence electrons. The van der Waals surface area contributed by atoms with Gasteiger partial charge in [-0.05, 0) is 23.6 Å². The molecule has 6 heteroatoms. The fraction of sp³-hybridized carbons (Fsp3) is 0.286. The monoisotopic (exact) mass is 306 g/mol. The predicted molar refractivity (Wildman–Crippen MR) is 83.2 cm³/mol. The summed E-state index contributed by atoms with van der Waals surface area (Å²) in [5.41, 5.74) is 3.11. The summed E-state index contributed by atoms with van der Waals surface area (Å²) in [6, 6.07) is 6.14. The van der Waals surface area contributed by atoms with Crippen molar-refractivity contribution in [3.8, 4) is 0 Å². The largest absolute Gasteiger partial charge is 0.312 e. The Morgan fingerprint density at radius 3 is 3.10 bits per heavy atom. The summed E-state index contributed by atoms with van der Waals surface area (Å²) in [4.78, 5) is 4.40. The van der Waals surface area contributed by atoms with Crippen molar-refractivity contribution < 1.29 is 0 Å². The van der Waals surface area contributed by atoms with Crippen molar-refractivity contribution in [3.05, 3.63) is 46.2 Å². The van der Waals surface area contributed by atoms with Crippen molar-refractivity contribution >= 4 is 33.2 Å². The van der Waals surface area contributed by atoms with Crippen molar-refractivity contribution in [2.24, 2.45) is 7.05 Å². The summed E-state index contributed by atoms with van der Waals surface area (Å²) in [7, 11) is 1.93. The maximum atomic E-state index is 6.20. The van der Waals surface area contributed by atoms with Crippen LogP contribution in [0.15, 0.2) is 29.8 Å². The highest BCUT2D eigenvalue weighted by molar-refractivity contribution is 7.17. The first-order valence-corrected chi connectivity index (χ1v) is 7.70. The Hall–Kier alpha value is -1.43. The van der Waals surface area contributed by atoms with Gasteiger partial charge in [0.1, 0.15) is 5.15 Å². The van der Waals surface area contributed by atoms with E-state index in [1.807, 2.05) is 35.4 Å². The number of hydrogen-bond donors (Lipinski definition) is 1. The van der Waals surface area contributed by atoms with E-state index in [2.05, 4.69) is 21.5 Å². The molecular weight excluding hydrogens is 292 g/mol. The van der Waals surface area contributed by atoms with Gasteiger partial charge in [-0.15, -0.1) is 11.3 Å². The van der Waals surface area contributed by atoms with Crippen molar-refractivity contribution in [2.75, 3.05) is 6.54 Å². The number of nitrogens with one attached hydrogen (secondary N) is 1. The zero-order valence-corrected chi connectivity index (χ0v) is 12.7. The van der Waals surface area contributed by atoms with E-state index in [-0.39, 0.29) is 0 Å². The van der Waals surface area contributed by atoms with Crippen LogP contribution in [0.4, 0.5) is 0 Å². The lowest BCUT2D eigenvalue weighted by Crippen LogP contribution is -2.17. The third kappa shape index (κ3) is 3.00. The molecule has 0 unspecified atom stereocenters. The third-order valence-electron chi connectivity index (χ3n) is 3.10. The Bertz CT molecular complexity index is 719. The molecule has 0 spiro atoms. The van der Waals surface area contributed by atoms with Crippen molar-refractivity contribution in [1.82, 2.24) is 20.1 Å². The maximum absolute atomic E-state index is 6.20. The Balaban J connectivity index is 1.58. The minimum Gasteiger partial charge on any atom is -0.312 e. The van der Waals surface area contributed by atoms with E-state index in [9.17, 15) is 0 Å². The Morgan fingerprint density at radius 2 is 2.30 bits per heavy atom. The van der Waals surface area contributed by atoms with Gasteiger partial charge in [-0.3, -0.25) is 4.68 Å². The summed E-state index contributed by atoms with van der Waals surface area (Å²) in [6.45, 7) is 1.60. The zero-order chi connectivity index (χ0) is 13.9. The number of rotatable bonds is 5. The molecule has 0 saturated carbocycles. The number of halogens is 1. The molecule has 3 aromatic heterocycles. The number of hydrogen-bond acceptors (Lipinski definition) is 4. The summed E-state index contributed by atoms with van der Waals surface area (Å²) in [5, 5.41) is 10.4. The lowest BCUT2D eigenvalue weighted by atomic mass is 10.2. The number of pyridine rings is 1. The van der Waals surface area contributed by atoms with Crippen molar-refractivity contribution in [2.45, 2.75) is 13.0 Å². The lowest BCUT2D eigenvalue weighted by Gasteiger charge is -2.06. The SMILES string of the molecule is Cn1ccc(CCNCc2cc3sccc3nc2Cl)n1. The first-order valence-electron chi connectivity index (χ1n) is 6.44. The highest BCUT2D eigenvalue weighted by Crippen LogP contribution is 2.24. The first kappa shape index (κ1) is 13.5. The molecule has 1 N–H and O–H groups in total. The van der Waals surface area contributed by atoms with Crippen molar-refractivity contribution in [3.63, 3.8) is 0 Å². The molecule has 3 rings (SSSR count). The molecule has 3 heterocycles. The fourth-order valence-electron chi connectivity index (χ4n) is 2.07. The standard InChI is InChI=1S/C14H15ClN4S/c1-19-6-3-11(18-19)2-5-16-9-10-8-13-12(4-7-20-13)17-14(10)15/h3-4,6-8,16H,2,5,9H2,1H3. The molecule has 0 aliphatic heterocycles. The van der Waals surface area contributed by atoms with Crippen LogP contribution < -0.4 is 5.32 Å². The number of thiophene rings is 1. The molecule has 3 aromatic rings. The minimum absolute atomic E-state index is 0.584. The van der Waals surface area contributed by atoms with E-state index in [0.717, 1.165) is 36.3 Å². The van der Waals surface area contributed by atoms with Crippen LogP contribution in [0.1, 0.15) is 11.3 Å². The van der Waals surface area contributed by atoms with E-state index in [0.29, 0.717) is 5.15 Å². The van der Waals surface area contributed by atoms with Gasteiger partial charge in [0.2, 0.25) is 0 Å². The normalized spacial score (nSPS) is 11.3. The third-order valence-corrected chi connectivity index (χ3v) is 4.28. The van der Waals surface area contributed by atoms with Gasteiger partial charge in [-0.25, -0.2) is 4.98 Å². The van der Waals surface area contributed by atoms with Gasteiger partial charge in [0.05, 0.1) is 15.9 Å². The van der Waals surface area contributed by atoms with Gasteiger partial charge >= 0.3 is 0 Å². The minimum atomic E-state index is 0.584. The van der Waals surface area contributed by atoms with Crippen LogP contribution in [-0.2, 0) is 20.0 Å². The van der Waals surface area contributed by atoms with Crippen molar-refractivity contribution in [1.29, 1.82) is 0 Å². The summed E-state index contributed by atoms with van der Waals surface area (Å²) in [5.74, 6) is 0. The van der Waals surface area contributed by atoms with E-state index < -0.39 is 0 Å². The summed E-state index contributed by atoms with van der Waals surface area (Å²) >= 11 is 7.88. The number of fused-ring (bicyclic) bond motifs is 1. The second-order valence-corrected chi connectivity index (χ2v) is 5.96. The predicted octanol–water partition coefficient (Wildman–Crippen LogP) is 3.02. The number of aromatic nitrogens is 3. The molecule has 0 fully saturated rings. The average Bonchev–Trinajstić information content (AvgIpc) is 3.03.